The summed E-state index contributed by atoms with van der Waals surface area (Å²) >= 11 is 0.993. The van der Waals surface area contributed by atoms with E-state index in [1.54, 1.807) is 43.3 Å². The average molecular weight is 649 g/mol. The normalized spacial score (nSPS) is 14.7. The van der Waals surface area contributed by atoms with Gasteiger partial charge in [-0.25, -0.2) is 14.5 Å². The van der Waals surface area contributed by atoms with Crippen molar-refractivity contribution < 1.29 is 40.7 Å². The van der Waals surface area contributed by atoms with Crippen molar-refractivity contribution in [2.75, 3.05) is 22.6 Å². The lowest BCUT2D eigenvalue weighted by atomic mass is 10.2. The number of alkyl halides is 6. The first-order valence-electron chi connectivity index (χ1n) is 13.1. The fraction of sp³-hybridized carbons (Fsp3) is 0.207. The molecule has 1 saturated heterocycles. The van der Waals surface area contributed by atoms with E-state index >= 15 is 0 Å². The number of aryl methyl sites for hydroxylation is 1. The summed E-state index contributed by atoms with van der Waals surface area (Å²) in [6, 6.07) is 14.6. The number of nitrogens with one attached hydrogen (secondary N) is 1. The van der Waals surface area contributed by atoms with E-state index in [0.29, 0.717) is 22.5 Å². The zero-order valence-electron chi connectivity index (χ0n) is 23.2. The zero-order chi connectivity index (χ0) is 32.4. The zero-order valence-corrected chi connectivity index (χ0v) is 24.0. The molecule has 0 radical (unpaired) electrons. The number of aliphatic imine (C=N–C) groups is 1. The van der Waals surface area contributed by atoms with Gasteiger partial charge in [-0.15, -0.1) is 5.10 Å². The highest BCUT2D eigenvalue weighted by atomic mass is 32.2. The Balaban J connectivity index is 1.27. The van der Waals surface area contributed by atoms with Gasteiger partial charge >= 0.3 is 18.4 Å². The van der Waals surface area contributed by atoms with E-state index in [9.17, 15) is 35.9 Å². The summed E-state index contributed by atoms with van der Waals surface area (Å²) in [5.74, 6) is -0.136. The van der Waals surface area contributed by atoms with Crippen LogP contribution < -0.4 is 15.0 Å². The number of ether oxygens (including phenoxy) is 1. The van der Waals surface area contributed by atoms with Crippen LogP contribution in [0.4, 0.5) is 42.5 Å². The maximum absolute atomic E-state index is 12.8. The van der Waals surface area contributed by atoms with Gasteiger partial charge < -0.3 is 10.1 Å². The lowest BCUT2D eigenvalue weighted by Gasteiger charge is -2.20. The Labute approximate surface area is 255 Å². The first-order valence-corrected chi connectivity index (χ1v) is 14.1. The molecule has 1 aromatic heterocycles. The van der Waals surface area contributed by atoms with Crippen LogP contribution in [0.5, 0.6) is 5.75 Å². The number of anilines is 2. The molecular weight excluding hydrogens is 626 g/mol. The minimum atomic E-state index is -4.45. The van der Waals surface area contributed by atoms with Crippen LogP contribution in [0.2, 0.25) is 0 Å². The number of rotatable bonds is 7. The highest BCUT2D eigenvalue weighted by Crippen LogP contribution is 2.36. The predicted octanol–water partition coefficient (Wildman–Crippen LogP) is 7.26. The molecule has 1 N–H and O–H groups in total. The van der Waals surface area contributed by atoms with Crippen molar-refractivity contribution in [3.63, 3.8) is 0 Å². The van der Waals surface area contributed by atoms with Gasteiger partial charge in [0, 0.05) is 11.3 Å². The maximum atomic E-state index is 12.8. The number of benzene rings is 3. The molecule has 1 aliphatic rings. The predicted molar refractivity (Wildman–Crippen MR) is 156 cm³/mol. The third-order valence-electron chi connectivity index (χ3n) is 6.31. The first-order chi connectivity index (χ1) is 21.3. The summed E-state index contributed by atoms with van der Waals surface area (Å²) in [5, 5.41) is 6.91. The van der Waals surface area contributed by atoms with Crippen molar-refractivity contribution >= 4 is 40.2 Å². The van der Waals surface area contributed by atoms with Crippen molar-refractivity contribution in [3.8, 4) is 22.8 Å². The number of hydrogen-bond donors (Lipinski definition) is 1. The van der Waals surface area contributed by atoms with E-state index in [1.165, 1.54) is 29.2 Å². The van der Waals surface area contributed by atoms with Crippen LogP contribution in [0.25, 0.3) is 17.1 Å². The number of urea groups is 1. The molecule has 0 unspecified atom stereocenters. The van der Waals surface area contributed by atoms with Gasteiger partial charge in [0.25, 0.3) is 0 Å². The Bertz CT molecular complexity index is 1740. The lowest BCUT2D eigenvalue weighted by molar-refractivity contribution is -0.139. The second-order valence-electron chi connectivity index (χ2n) is 9.66. The minimum Gasteiger partial charge on any atom is -0.491 e. The van der Waals surface area contributed by atoms with Gasteiger partial charge in [-0.05, 0) is 73.2 Å². The topological polar surface area (TPSA) is 102 Å². The molecule has 1 fully saturated rings. The molecule has 0 bridgehead atoms. The van der Waals surface area contributed by atoms with Crippen LogP contribution in [0.15, 0.2) is 78.0 Å². The second-order valence-corrected chi connectivity index (χ2v) is 10.6. The first kappa shape index (κ1) is 31.6. The van der Waals surface area contributed by atoms with E-state index in [4.69, 9.17) is 4.74 Å². The molecule has 0 atom stereocenters. The molecule has 0 spiro atoms. The number of amidine groups is 1. The van der Waals surface area contributed by atoms with Gasteiger partial charge in [0.1, 0.15) is 12.1 Å². The molecule has 16 heteroatoms. The molecule has 5 rings (SSSR count). The third kappa shape index (κ3) is 7.81. The Hall–Kier alpha value is -4.86. The Kier molecular flexibility index (Phi) is 8.86. The van der Waals surface area contributed by atoms with Crippen molar-refractivity contribution in [2.24, 2.45) is 4.99 Å². The number of amides is 3. The molecule has 1 aliphatic heterocycles. The van der Waals surface area contributed by atoms with Crippen molar-refractivity contribution in [1.82, 2.24) is 14.8 Å². The van der Waals surface area contributed by atoms with Crippen LogP contribution in [0.3, 0.4) is 0 Å². The molecule has 2 heterocycles. The van der Waals surface area contributed by atoms with Gasteiger partial charge in [0.2, 0.25) is 5.91 Å². The van der Waals surface area contributed by atoms with E-state index in [0.717, 1.165) is 28.8 Å². The van der Waals surface area contributed by atoms with Crippen LogP contribution in [-0.2, 0) is 11.0 Å². The molecule has 0 saturated carbocycles. The van der Waals surface area contributed by atoms with Crippen molar-refractivity contribution in [3.05, 3.63) is 84.2 Å². The van der Waals surface area contributed by atoms with Gasteiger partial charge in [0.05, 0.1) is 35.7 Å². The largest absolute Gasteiger partial charge is 0.491 e. The molecular formula is C29H22F6N6O3S. The van der Waals surface area contributed by atoms with Gasteiger partial charge in [0.15, 0.2) is 11.0 Å². The van der Waals surface area contributed by atoms with Gasteiger partial charge in [-0.3, -0.25) is 9.69 Å². The van der Waals surface area contributed by atoms with Crippen molar-refractivity contribution in [2.45, 2.75) is 25.7 Å². The second kappa shape index (κ2) is 12.6. The number of nitrogens with zero attached hydrogens (tertiary/aromatic N) is 5. The number of carbonyl (C=O) groups excluding carboxylic acids is 2. The summed E-state index contributed by atoms with van der Waals surface area (Å²) in [4.78, 5) is 34.9. The average Bonchev–Trinajstić information content (AvgIpc) is 3.60. The van der Waals surface area contributed by atoms with E-state index in [1.807, 2.05) is 0 Å². The van der Waals surface area contributed by atoms with Crippen molar-refractivity contribution in [1.29, 1.82) is 0 Å². The highest BCUT2D eigenvalue weighted by Gasteiger charge is 2.33. The number of hydrogen-bond acceptors (Lipinski definition) is 6. The van der Waals surface area contributed by atoms with E-state index in [2.05, 4.69) is 20.4 Å². The highest BCUT2D eigenvalue weighted by molar-refractivity contribution is 8.15. The minimum absolute atomic E-state index is 0.0263. The van der Waals surface area contributed by atoms with Gasteiger partial charge in [-0.2, -0.15) is 31.3 Å². The molecule has 4 aromatic rings. The maximum Gasteiger partial charge on any atom is 0.416 e. The molecule has 0 aliphatic carbocycles. The number of aromatic nitrogens is 3. The molecule has 3 aromatic carbocycles. The van der Waals surface area contributed by atoms with Gasteiger partial charge in [-0.1, -0.05) is 17.8 Å². The fourth-order valence-corrected chi connectivity index (χ4v) is 5.00. The smallest absolute Gasteiger partial charge is 0.416 e. The molecule has 234 valence electrons. The number of thioether (sulfide) groups is 1. The molecule has 45 heavy (non-hydrogen) atoms. The molecule has 3 amide bonds. The van der Waals surface area contributed by atoms with Crippen LogP contribution in [0.1, 0.15) is 17.5 Å². The fourth-order valence-electron chi connectivity index (χ4n) is 4.15. The van der Waals surface area contributed by atoms with E-state index in [-0.39, 0.29) is 28.2 Å². The summed E-state index contributed by atoms with van der Waals surface area (Å²) in [5.41, 5.74) is 1.39. The summed E-state index contributed by atoms with van der Waals surface area (Å²) < 4.78 is 83.1. The Morgan fingerprint density at radius 2 is 1.73 bits per heavy atom. The standard InChI is InChI=1S/C29H22F6N6O3S/c1-17-2-11-23(44-13-12-28(30,31)32)22(14-17)41-24(42)15-45-27(41)38-26(43)37-20-7-3-18(4-8-20)25-36-16-40(39-25)21-9-5-19(6-10-21)29(33,34)35/h2-11,14,16H,12-13,15H2,1H3,(H,37,43)/b38-27-. The Morgan fingerprint density at radius 1 is 1.02 bits per heavy atom. The molecule has 9 nitrogen and oxygen atoms in total. The third-order valence-corrected chi connectivity index (χ3v) is 7.23. The summed E-state index contributed by atoms with van der Waals surface area (Å²) in [6.07, 6.45) is -8.69. The number of carbonyl (C=O) groups is 2. The number of halogens is 6. The summed E-state index contributed by atoms with van der Waals surface area (Å²) in [7, 11) is 0. The monoisotopic (exact) mass is 648 g/mol. The Morgan fingerprint density at radius 3 is 2.40 bits per heavy atom. The lowest BCUT2D eigenvalue weighted by Crippen LogP contribution is -2.31. The SMILES string of the molecule is Cc1ccc(OCCC(F)(F)F)c(N2C(=O)CS/C2=N\C(=O)Nc2ccc(-c3ncn(-c4ccc(C(F)(F)F)cc4)n3)cc2)c1. The van der Waals surface area contributed by atoms with Crippen LogP contribution in [0, 0.1) is 6.92 Å². The van der Waals surface area contributed by atoms with Crippen LogP contribution in [-0.4, -0.2) is 50.4 Å². The van der Waals surface area contributed by atoms with Crippen LogP contribution >= 0.6 is 11.8 Å². The summed E-state index contributed by atoms with van der Waals surface area (Å²) in [6.45, 7) is 1.08. The quantitative estimate of drug-likeness (QED) is 0.212. The van der Waals surface area contributed by atoms with E-state index < -0.39 is 42.9 Å².